The van der Waals surface area contributed by atoms with Gasteiger partial charge < -0.3 is 11.5 Å². The number of carbonyl (C=O) groups excluding carboxylic acids is 1. The monoisotopic (exact) mass is 239 g/mol. The molecule has 0 fully saturated rings. The van der Waals surface area contributed by atoms with Crippen molar-refractivity contribution < 1.29 is 10.5 Å². The topological polar surface area (TPSA) is 114 Å². The Kier molecular flexibility index (Phi) is 2.67. The number of carbonyl (C=O) groups is 1. The van der Waals surface area contributed by atoms with Gasteiger partial charge in [0.25, 0.3) is 5.91 Å². The van der Waals surface area contributed by atoms with E-state index in [4.69, 9.17) is 5.73 Å². The lowest BCUT2D eigenvalue weighted by Gasteiger charge is -2.01. The average Bonchev–Trinajstić information content (AvgIpc) is 2.86. The van der Waals surface area contributed by atoms with Crippen molar-refractivity contribution in [2.75, 3.05) is 0 Å². The third kappa shape index (κ3) is 1.79. The highest BCUT2D eigenvalue weighted by molar-refractivity contribution is 7.16. The highest BCUT2D eigenvalue weighted by Crippen LogP contribution is 2.18. The number of hydrogen-bond donors (Lipinski definition) is 2. The summed E-state index contributed by atoms with van der Waals surface area (Å²) in [7, 11) is 0. The van der Waals surface area contributed by atoms with Crippen molar-refractivity contribution in [3.63, 3.8) is 0 Å². The molecule has 0 aliphatic carbocycles. The van der Waals surface area contributed by atoms with E-state index in [2.05, 4.69) is 20.8 Å². The molecule has 84 valence electrons. The molecule has 0 aliphatic heterocycles. The summed E-state index contributed by atoms with van der Waals surface area (Å²) in [4.78, 5) is 19.5. The van der Waals surface area contributed by atoms with Crippen LogP contribution in [0.4, 0.5) is 0 Å². The molecule has 2 heterocycles. The molecule has 0 spiro atoms. The third-order valence-electron chi connectivity index (χ3n) is 1.93. The van der Waals surface area contributed by atoms with Gasteiger partial charge in [-0.05, 0) is 6.92 Å². The van der Waals surface area contributed by atoms with E-state index >= 15 is 0 Å². The molecule has 0 unspecified atom stereocenters. The maximum atomic E-state index is 10.9. The minimum atomic E-state index is -0.493. The number of quaternary nitrogens is 1. The molecule has 1 atom stereocenters. The zero-order chi connectivity index (χ0) is 11.7. The summed E-state index contributed by atoms with van der Waals surface area (Å²) in [5, 5.41) is 4.61. The summed E-state index contributed by atoms with van der Waals surface area (Å²) >= 11 is 1.18. The van der Waals surface area contributed by atoms with Crippen LogP contribution < -0.4 is 11.5 Å². The van der Waals surface area contributed by atoms with Crippen LogP contribution in [0.5, 0.6) is 0 Å². The van der Waals surface area contributed by atoms with E-state index in [-0.39, 0.29) is 6.04 Å². The van der Waals surface area contributed by atoms with Gasteiger partial charge in [0, 0.05) is 0 Å². The van der Waals surface area contributed by atoms with Crippen molar-refractivity contribution in [3.05, 3.63) is 23.2 Å². The Balaban J connectivity index is 2.42. The van der Waals surface area contributed by atoms with Crippen LogP contribution in [0.25, 0.3) is 5.13 Å². The van der Waals surface area contributed by atoms with Crippen molar-refractivity contribution in [2.24, 2.45) is 5.73 Å². The number of nitrogens with two attached hydrogens (primary N) is 1. The van der Waals surface area contributed by atoms with Gasteiger partial charge in [-0.3, -0.25) is 4.79 Å². The molecule has 0 saturated carbocycles. The number of rotatable bonds is 3. The van der Waals surface area contributed by atoms with Gasteiger partial charge in [0.15, 0.2) is 5.82 Å². The molecule has 7 nitrogen and oxygen atoms in total. The van der Waals surface area contributed by atoms with Gasteiger partial charge in [0.05, 0.1) is 6.20 Å². The SMILES string of the molecule is C[C@H]([NH3+])c1ncnn1-c1ncc(C(N)=O)s1. The third-order valence-corrected chi connectivity index (χ3v) is 2.92. The quantitative estimate of drug-likeness (QED) is 0.724. The average molecular weight is 239 g/mol. The van der Waals surface area contributed by atoms with E-state index in [1.165, 1.54) is 23.9 Å². The van der Waals surface area contributed by atoms with Gasteiger partial charge in [-0.2, -0.15) is 9.78 Å². The highest BCUT2D eigenvalue weighted by atomic mass is 32.1. The molecule has 2 aromatic heterocycles. The van der Waals surface area contributed by atoms with Crippen LogP contribution in [0.1, 0.15) is 28.5 Å². The lowest BCUT2D eigenvalue weighted by molar-refractivity contribution is -0.422. The normalized spacial score (nSPS) is 12.6. The van der Waals surface area contributed by atoms with E-state index in [1.807, 2.05) is 6.92 Å². The molecule has 2 aromatic rings. The van der Waals surface area contributed by atoms with E-state index in [1.54, 1.807) is 4.68 Å². The standard InChI is InChI=1S/C8H10N6OS/c1-4(9)7-12-3-13-14(7)8-11-2-5(16-8)6(10)15/h2-4H,9H2,1H3,(H2,10,15)/p+1/t4-/m0/s1. The van der Waals surface area contributed by atoms with Gasteiger partial charge in [-0.15, -0.1) is 0 Å². The summed E-state index contributed by atoms with van der Waals surface area (Å²) < 4.78 is 1.56. The van der Waals surface area contributed by atoms with Gasteiger partial charge in [-0.25, -0.2) is 9.97 Å². The zero-order valence-corrected chi connectivity index (χ0v) is 9.44. The van der Waals surface area contributed by atoms with Crippen LogP contribution in [-0.2, 0) is 0 Å². The van der Waals surface area contributed by atoms with Crippen molar-refractivity contribution in [1.82, 2.24) is 19.7 Å². The smallest absolute Gasteiger partial charge is 0.260 e. The molecule has 5 N–H and O–H groups in total. The molecular formula is C8H11N6OS+. The Labute approximate surface area is 95.1 Å². The Morgan fingerprint density at radius 1 is 1.62 bits per heavy atom. The number of aromatic nitrogens is 4. The lowest BCUT2D eigenvalue weighted by atomic mass is 10.3. The second-order valence-corrected chi connectivity index (χ2v) is 4.31. The van der Waals surface area contributed by atoms with E-state index in [9.17, 15) is 4.79 Å². The largest absolute Gasteiger partial charge is 0.365 e. The molecule has 2 rings (SSSR count). The fourth-order valence-electron chi connectivity index (χ4n) is 1.21. The molecule has 0 bridgehead atoms. The number of amides is 1. The number of hydrogen-bond acceptors (Lipinski definition) is 5. The first-order chi connectivity index (χ1) is 7.59. The number of thiazole rings is 1. The van der Waals surface area contributed by atoms with Gasteiger partial charge in [-0.1, -0.05) is 11.3 Å². The maximum absolute atomic E-state index is 10.9. The van der Waals surface area contributed by atoms with Gasteiger partial charge in [0.2, 0.25) is 5.13 Å². The van der Waals surface area contributed by atoms with Crippen LogP contribution in [0, 0.1) is 0 Å². The van der Waals surface area contributed by atoms with E-state index in [0.29, 0.717) is 15.8 Å². The second kappa shape index (κ2) is 3.99. The summed E-state index contributed by atoms with van der Waals surface area (Å²) in [5.74, 6) is 0.207. The molecule has 8 heteroatoms. The fourth-order valence-corrected chi connectivity index (χ4v) is 1.95. The predicted molar refractivity (Wildman–Crippen MR) is 56.9 cm³/mol. The van der Waals surface area contributed by atoms with E-state index in [0.717, 1.165) is 0 Å². The number of nitrogens with zero attached hydrogens (tertiary/aromatic N) is 4. The fraction of sp³-hybridized carbons (Fsp3) is 0.250. The first-order valence-corrected chi connectivity index (χ1v) is 5.40. The van der Waals surface area contributed by atoms with Crippen LogP contribution in [0.3, 0.4) is 0 Å². The number of primary amides is 1. The Hall–Kier alpha value is -1.80. The lowest BCUT2D eigenvalue weighted by Crippen LogP contribution is -2.52. The minimum Gasteiger partial charge on any atom is -0.365 e. The molecule has 0 radical (unpaired) electrons. The molecule has 0 aliphatic rings. The van der Waals surface area contributed by atoms with Gasteiger partial charge in [0.1, 0.15) is 17.2 Å². The van der Waals surface area contributed by atoms with Gasteiger partial charge >= 0.3 is 0 Å². The van der Waals surface area contributed by atoms with E-state index < -0.39 is 5.91 Å². The summed E-state index contributed by atoms with van der Waals surface area (Å²) in [6.45, 7) is 1.91. The van der Waals surface area contributed by atoms with Crippen molar-refractivity contribution in [3.8, 4) is 5.13 Å². The molecule has 16 heavy (non-hydrogen) atoms. The molecule has 0 saturated heterocycles. The molecule has 0 aromatic carbocycles. The van der Waals surface area contributed by atoms with Crippen molar-refractivity contribution in [2.45, 2.75) is 13.0 Å². The first-order valence-electron chi connectivity index (χ1n) is 4.58. The highest BCUT2D eigenvalue weighted by Gasteiger charge is 2.16. The predicted octanol–water partition coefficient (Wildman–Crippen LogP) is -0.874. The molecule has 1 amide bonds. The molecular weight excluding hydrogens is 228 g/mol. The Morgan fingerprint density at radius 2 is 2.38 bits per heavy atom. The van der Waals surface area contributed by atoms with Crippen LogP contribution in [0.2, 0.25) is 0 Å². The Morgan fingerprint density at radius 3 is 2.94 bits per heavy atom. The summed E-state index contributed by atoms with van der Waals surface area (Å²) in [6, 6.07) is -0.0107. The van der Waals surface area contributed by atoms with Crippen LogP contribution >= 0.6 is 11.3 Å². The minimum absolute atomic E-state index is 0.0107. The second-order valence-electron chi connectivity index (χ2n) is 3.30. The maximum Gasteiger partial charge on any atom is 0.260 e. The van der Waals surface area contributed by atoms with Crippen LogP contribution in [0.15, 0.2) is 12.5 Å². The first kappa shape index (κ1) is 10.7. The van der Waals surface area contributed by atoms with Crippen molar-refractivity contribution in [1.29, 1.82) is 0 Å². The van der Waals surface area contributed by atoms with Crippen molar-refractivity contribution >= 4 is 17.2 Å². The zero-order valence-electron chi connectivity index (χ0n) is 8.62. The summed E-state index contributed by atoms with van der Waals surface area (Å²) in [6.07, 6.45) is 2.86. The van der Waals surface area contributed by atoms with Crippen LogP contribution in [-0.4, -0.2) is 25.7 Å². The Bertz CT molecular complexity index is 516. The summed E-state index contributed by atoms with van der Waals surface area (Å²) in [5.41, 5.74) is 9.02.